The van der Waals surface area contributed by atoms with Crippen molar-refractivity contribution in [2.75, 3.05) is 5.33 Å². The lowest BCUT2D eigenvalue weighted by Gasteiger charge is -2.15. The molecule has 0 spiro atoms. The minimum Gasteiger partial charge on any atom is -0.271 e. The van der Waals surface area contributed by atoms with E-state index in [0.29, 0.717) is 5.92 Å². The van der Waals surface area contributed by atoms with E-state index < -0.39 is 0 Å². The van der Waals surface area contributed by atoms with Crippen molar-refractivity contribution in [3.63, 3.8) is 0 Å². The highest BCUT2D eigenvalue weighted by molar-refractivity contribution is 9.10. The molecule has 0 fully saturated rings. The van der Waals surface area contributed by atoms with Gasteiger partial charge in [0.25, 0.3) is 0 Å². The number of hydrogen-bond donors (Lipinski definition) is 0. The SMILES string of the molecule is Cc1nn(C)c(CC(CBr)Cc2ccccc2Br)c1Cl. The quantitative estimate of drug-likeness (QED) is 0.627. The molecule has 0 aliphatic carbocycles. The van der Waals surface area contributed by atoms with Gasteiger partial charge in [0.15, 0.2) is 0 Å². The predicted molar refractivity (Wildman–Crippen MR) is 91.8 cm³/mol. The van der Waals surface area contributed by atoms with Gasteiger partial charge in [0, 0.05) is 16.9 Å². The summed E-state index contributed by atoms with van der Waals surface area (Å²) < 4.78 is 3.06. The number of benzene rings is 1. The molecule has 2 aromatic rings. The molecule has 5 heteroatoms. The van der Waals surface area contributed by atoms with Gasteiger partial charge in [-0.3, -0.25) is 4.68 Å². The van der Waals surface area contributed by atoms with Gasteiger partial charge in [-0.2, -0.15) is 5.10 Å². The summed E-state index contributed by atoms with van der Waals surface area (Å²) in [5.41, 5.74) is 3.34. The Morgan fingerprint density at radius 3 is 2.55 bits per heavy atom. The number of nitrogens with zero attached hydrogens (tertiary/aromatic N) is 2. The number of halogens is 3. The summed E-state index contributed by atoms with van der Waals surface area (Å²) in [6.45, 7) is 1.95. The van der Waals surface area contributed by atoms with E-state index in [2.05, 4.69) is 55.2 Å². The molecular formula is C15H17Br2ClN2. The first-order valence-corrected chi connectivity index (χ1v) is 8.79. The summed E-state index contributed by atoms with van der Waals surface area (Å²) in [5, 5.41) is 6.12. The maximum absolute atomic E-state index is 6.34. The molecule has 0 aliphatic rings. The molecule has 0 saturated heterocycles. The van der Waals surface area contributed by atoms with Crippen LogP contribution in [0.5, 0.6) is 0 Å². The molecule has 0 amide bonds. The highest BCUT2D eigenvalue weighted by Crippen LogP contribution is 2.26. The molecule has 0 saturated carbocycles. The second kappa shape index (κ2) is 7.10. The minimum atomic E-state index is 0.487. The molecule has 1 atom stereocenters. The van der Waals surface area contributed by atoms with Crippen LogP contribution in [0, 0.1) is 12.8 Å². The maximum Gasteiger partial charge on any atom is 0.0847 e. The first kappa shape index (κ1) is 16.1. The highest BCUT2D eigenvalue weighted by atomic mass is 79.9. The lowest BCUT2D eigenvalue weighted by Crippen LogP contribution is -2.13. The van der Waals surface area contributed by atoms with E-state index in [1.165, 1.54) is 10.0 Å². The van der Waals surface area contributed by atoms with Gasteiger partial charge in [0.2, 0.25) is 0 Å². The summed E-state index contributed by atoms with van der Waals surface area (Å²) >= 11 is 13.6. The van der Waals surface area contributed by atoms with Crippen molar-refractivity contribution in [1.82, 2.24) is 9.78 Å². The molecule has 0 aliphatic heterocycles. The molecule has 2 rings (SSSR count). The van der Waals surface area contributed by atoms with E-state index in [9.17, 15) is 0 Å². The summed E-state index contributed by atoms with van der Waals surface area (Å²) in [5.74, 6) is 0.487. The van der Waals surface area contributed by atoms with Crippen LogP contribution in [0.1, 0.15) is 17.0 Å². The number of aromatic nitrogens is 2. The van der Waals surface area contributed by atoms with Gasteiger partial charge in [0.05, 0.1) is 16.4 Å². The van der Waals surface area contributed by atoms with Gasteiger partial charge >= 0.3 is 0 Å². The highest BCUT2D eigenvalue weighted by Gasteiger charge is 2.17. The monoisotopic (exact) mass is 418 g/mol. The number of aryl methyl sites for hydroxylation is 2. The third-order valence-corrected chi connectivity index (χ3v) is 5.61. The van der Waals surface area contributed by atoms with Crippen LogP contribution in [0.25, 0.3) is 0 Å². The third-order valence-electron chi connectivity index (χ3n) is 3.43. The standard InChI is InChI=1S/C15H17Br2ClN2/c1-10-15(18)14(20(2)19-10)8-11(9-16)7-12-5-3-4-6-13(12)17/h3-6,11H,7-9H2,1-2H3. The molecule has 1 aromatic heterocycles. The number of rotatable bonds is 5. The summed E-state index contributed by atoms with van der Waals surface area (Å²) in [6, 6.07) is 8.36. The molecule has 20 heavy (non-hydrogen) atoms. The fourth-order valence-corrected chi connectivity index (χ4v) is 3.47. The van der Waals surface area contributed by atoms with E-state index >= 15 is 0 Å². The zero-order valence-corrected chi connectivity index (χ0v) is 15.5. The average Bonchev–Trinajstić information content (AvgIpc) is 2.66. The molecule has 0 bridgehead atoms. The Bertz CT molecular complexity index is 596. The lowest BCUT2D eigenvalue weighted by atomic mass is 9.96. The van der Waals surface area contributed by atoms with Gasteiger partial charge in [-0.1, -0.05) is 61.7 Å². The van der Waals surface area contributed by atoms with Crippen molar-refractivity contribution in [3.05, 3.63) is 50.7 Å². The lowest BCUT2D eigenvalue weighted by molar-refractivity contribution is 0.556. The fourth-order valence-electron chi connectivity index (χ4n) is 2.33. The molecule has 0 radical (unpaired) electrons. The van der Waals surface area contributed by atoms with Crippen molar-refractivity contribution in [1.29, 1.82) is 0 Å². The first-order chi connectivity index (χ1) is 9.52. The van der Waals surface area contributed by atoms with Crippen LogP contribution in [0.2, 0.25) is 5.02 Å². The van der Waals surface area contributed by atoms with Crippen LogP contribution in [-0.2, 0) is 19.9 Å². The minimum absolute atomic E-state index is 0.487. The van der Waals surface area contributed by atoms with E-state index in [4.69, 9.17) is 11.6 Å². The van der Waals surface area contributed by atoms with E-state index in [1.807, 2.05) is 24.7 Å². The summed E-state index contributed by atoms with van der Waals surface area (Å²) in [7, 11) is 1.96. The zero-order valence-electron chi connectivity index (χ0n) is 11.5. The van der Waals surface area contributed by atoms with Gasteiger partial charge in [-0.15, -0.1) is 0 Å². The van der Waals surface area contributed by atoms with Gasteiger partial charge in [0.1, 0.15) is 0 Å². The fraction of sp³-hybridized carbons (Fsp3) is 0.400. The number of alkyl halides is 1. The van der Waals surface area contributed by atoms with Crippen molar-refractivity contribution >= 4 is 43.5 Å². The van der Waals surface area contributed by atoms with Crippen LogP contribution in [0.15, 0.2) is 28.7 Å². The Morgan fingerprint density at radius 2 is 2.00 bits per heavy atom. The topological polar surface area (TPSA) is 17.8 Å². The summed E-state index contributed by atoms with van der Waals surface area (Å²) in [4.78, 5) is 0. The average molecular weight is 421 g/mol. The molecular weight excluding hydrogens is 403 g/mol. The molecule has 1 heterocycles. The maximum atomic E-state index is 6.34. The second-order valence-corrected chi connectivity index (χ2v) is 6.87. The van der Waals surface area contributed by atoms with Crippen LogP contribution in [-0.4, -0.2) is 15.1 Å². The van der Waals surface area contributed by atoms with Crippen molar-refractivity contribution in [3.8, 4) is 0 Å². The van der Waals surface area contributed by atoms with Crippen LogP contribution < -0.4 is 0 Å². The molecule has 1 unspecified atom stereocenters. The van der Waals surface area contributed by atoms with Crippen molar-refractivity contribution in [2.24, 2.45) is 13.0 Å². The molecule has 108 valence electrons. The molecule has 0 N–H and O–H groups in total. The Hall–Kier alpha value is -0.320. The third kappa shape index (κ3) is 3.66. The summed E-state index contributed by atoms with van der Waals surface area (Å²) in [6.07, 6.45) is 1.93. The van der Waals surface area contributed by atoms with Gasteiger partial charge in [-0.25, -0.2) is 0 Å². The van der Waals surface area contributed by atoms with Crippen molar-refractivity contribution < 1.29 is 0 Å². The largest absolute Gasteiger partial charge is 0.271 e. The first-order valence-electron chi connectivity index (χ1n) is 6.50. The smallest absolute Gasteiger partial charge is 0.0847 e. The van der Waals surface area contributed by atoms with Gasteiger partial charge < -0.3 is 0 Å². The molecule has 1 aromatic carbocycles. The Labute approximate surface area is 141 Å². The molecule has 2 nitrogen and oxygen atoms in total. The normalized spacial score (nSPS) is 12.7. The van der Waals surface area contributed by atoms with Crippen LogP contribution in [0.4, 0.5) is 0 Å². The zero-order chi connectivity index (χ0) is 14.7. The van der Waals surface area contributed by atoms with E-state index in [-0.39, 0.29) is 0 Å². The Morgan fingerprint density at radius 1 is 1.30 bits per heavy atom. The van der Waals surface area contributed by atoms with E-state index in [0.717, 1.165) is 34.6 Å². The van der Waals surface area contributed by atoms with Crippen LogP contribution >= 0.6 is 43.5 Å². The Kier molecular flexibility index (Phi) is 5.70. The van der Waals surface area contributed by atoms with Gasteiger partial charge in [-0.05, 0) is 37.3 Å². The van der Waals surface area contributed by atoms with Crippen molar-refractivity contribution in [2.45, 2.75) is 19.8 Å². The van der Waals surface area contributed by atoms with Crippen LogP contribution in [0.3, 0.4) is 0 Å². The Balaban J connectivity index is 2.15. The predicted octanol–water partition coefficient (Wildman–Crippen LogP) is 4.94. The van der Waals surface area contributed by atoms with E-state index in [1.54, 1.807) is 0 Å². The second-order valence-electron chi connectivity index (χ2n) is 4.99. The number of hydrogen-bond acceptors (Lipinski definition) is 1.